The van der Waals surface area contributed by atoms with Crippen LogP contribution in [0.4, 0.5) is 0 Å². The van der Waals surface area contributed by atoms with Crippen molar-refractivity contribution in [1.29, 1.82) is 0 Å². The van der Waals surface area contributed by atoms with Crippen molar-refractivity contribution in [3.63, 3.8) is 0 Å². The lowest BCUT2D eigenvalue weighted by molar-refractivity contribution is -0.815. The van der Waals surface area contributed by atoms with Gasteiger partial charge in [0.1, 0.15) is 0 Å². The van der Waals surface area contributed by atoms with Gasteiger partial charge in [0.05, 0.1) is 20.2 Å². The van der Waals surface area contributed by atoms with E-state index in [2.05, 4.69) is 41.8 Å². The predicted octanol–water partition coefficient (Wildman–Crippen LogP) is 5.86. The third kappa shape index (κ3) is 3.17. The molecule has 8 atom stereocenters. The van der Waals surface area contributed by atoms with Crippen LogP contribution in [-0.4, -0.2) is 36.4 Å². The van der Waals surface area contributed by atoms with Crippen molar-refractivity contribution in [2.45, 2.75) is 103 Å². The van der Waals surface area contributed by atoms with E-state index >= 15 is 0 Å². The zero-order valence-electron chi connectivity index (χ0n) is 18.3. The van der Waals surface area contributed by atoms with Gasteiger partial charge in [-0.1, -0.05) is 40.0 Å². The first kappa shape index (κ1) is 19.2. The highest BCUT2D eigenvalue weighted by atomic mass is 16.5. The molecule has 0 aromatic carbocycles. The molecule has 0 radical (unpaired) electrons. The fourth-order valence-electron chi connectivity index (χ4n) is 6.67. The van der Waals surface area contributed by atoms with Crippen molar-refractivity contribution in [2.24, 2.45) is 35.5 Å². The third-order valence-electron chi connectivity index (χ3n) is 9.49. The Morgan fingerprint density at radius 2 is 1.77 bits per heavy atom. The number of hydrogen-bond acceptors (Lipinski definition) is 1. The summed E-state index contributed by atoms with van der Waals surface area (Å²) >= 11 is 0. The maximum absolute atomic E-state index is 6.97. The van der Waals surface area contributed by atoms with Crippen LogP contribution in [0.1, 0.15) is 85.5 Å². The van der Waals surface area contributed by atoms with Crippen molar-refractivity contribution in [3.05, 3.63) is 0 Å². The highest BCUT2D eigenvalue weighted by molar-refractivity contribution is 5.08. The van der Waals surface area contributed by atoms with E-state index < -0.39 is 0 Å². The van der Waals surface area contributed by atoms with Gasteiger partial charge in [0.2, 0.25) is 6.23 Å². The molecule has 2 nitrogen and oxygen atoms in total. The quantitative estimate of drug-likeness (QED) is 0.388. The molecule has 4 aliphatic rings. The Kier molecular flexibility index (Phi) is 5.01. The highest BCUT2D eigenvalue weighted by Crippen LogP contribution is 2.64. The van der Waals surface area contributed by atoms with Gasteiger partial charge in [-0.05, 0) is 75.0 Å². The van der Waals surface area contributed by atoms with Crippen LogP contribution < -0.4 is 0 Å². The molecule has 4 rings (SSSR count). The Bertz CT molecular complexity index is 512. The molecule has 0 aromatic rings. The van der Waals surface area contributed by atoms with Gasteiger partial charge in [0.25, 0.3) is 0 Å². The summed E-state index contributed by atoms with van der Waals surface area (Å²) in [7, 11) is 4.87. The van der Waals surface area contributed by atoms with E-state index in [1.807, 2.05) is 0 Å². The molecule has 0 bridgehead atoms. The molecule has 1 aliphatic heterocycles. The van der Waals surface area contributed by atoms with Crippen LogP contribution in [0.15, 0.2) is 0 Å². The van der Waals surface area contributed by atoms with Crippen molar-refractivity contribution >= 4 is 0 Å². The Balaban J connectivity index is 1.40. The van der Waals surface area contributed by atoms with Gasteiger partial charge >= 0.3 is 0 Å². The van der Waals surface area contributed by atoms with E-state index in [-0.39, 0.29) is 0 Å². The van der Waals surface area contributed by atoms with Crippen LogP contribution in [0.3, 0.4) is 0 Å². The topological polar surface area (TPSA) is 9.23 Å². The second-order valence-electron chi connectivity index (χ2n) is 11.3. The van der Waals surface area contributed by atoms with Crippen LogP contribution in [-0.2, 0) is 4.74 Å². The first-order valence-electron chi connectivity index (χ1n) is 11.8. The van der Waals surface area contributed by atoms with Crippen molar-refractivity contribution in [2.75, 3.05) is 14.1 Å². The molecule has 0 N–H and O–H groups in total. The molecule has 150 valence electrons. The fourth-order valence-corrected chi connectivity index (χ4v) is 6.67. The normalized spacial score (nSPS) is 46.6. The van der Waals surface area contributed by atoms with E-state index in [1.165, 1.54) is 57.8 Å². The van der Waals surface area contributed by atoms with Gasteiger partial charge in [0.15, 0.2) is 5.54 Å². The summed E-state index contributed by atoms with van der Waals surface area (Å²) in [6, 6.07) is 0. The summed E-state index contributed by atoms with van der Waals surface area (Å²) in [6.45, 7) is 9.86. The van der Waals surface area contributed by atoms with Crippen LogP contribution in [0.25, 0.3) is 0 Å². The van der Waals surface area contributed by atoms with E-state index in [0.29, 0.717) is 17.9 Å². The Morgan fingerprint density at radius 3 is 2.42 bits per heavy atom. The average molecular weight is 363 g/mol. The minimum Gasteiger partial charge on any atom is -0.320 e. The number of nitrogens with zero attached hydrogens (tertiary/aromatic N) is 1. The second kappa shape index (κ2) is 6.76. The summed E-state index contributed by atoms with van der Waals surface area (Å²) < 4.78 is 8.07. The molecule has 3 aliphatic carbocycles. The summed E-state index contributed by atoms with van der Waals surface area (Å²) in [5, 5.41) is 0. The summed E-state index contributed by atoms with van der Waals surface area (Å²) in [6.07, 6.45) is 13.7. The van der Waals surface area contributed by atoms with Crippen molar-refractivity contribution in [1.82, 2.24) is 0 Å². The third-order valence-corrected chi connectivity index (χ3v) is 9.49. The smallest absolute Gasteiger partial charge is 0.250 e. The first-order chi connectivity index (χ1) is 12.3. The van der Waals surface area contributed by atoms with Crippen molar-refractivity contribution < 1.29 is 9.22 Å². The summed E-state index contributed by atoms with van der Waals surface area (Å²) in [5.74, 6) is 5.61. The standard InChI is InChI=1S/C24H44NO/c1-7-16(2)14-19-10-8-9-11-22(19)26-23-24(4,25(23,5)6)17(3)20-15-21(20)18-12-13-18/h16-23H,7-15H2,1-6H3/q+1/t16-,17?,19?,20?,21?,22?,23?,24?/m0/s1. The van der Waals surface area contributed by atoms with E-state index in [0.717, 1.165) is 40.0 Å². The van der Waals surface area contributed by atoms with E-state index in [9.17, 15) is 0 Å². The molecule has 0 amide bonds. The number of rotatable bonds is 8. The maximum atomic E-state index is 6.97. The van der Waals surface area contributed by atoms with Crippen LogP contribution in [0.2, 0.25) is 0 Å². The summed E-state index contributed by atoms with van der Waals surface area (Å²) in [4.78, 5) is 0. The SMILES string of the molecule is CC[C@H](C)CC1CCCCC1OC1C(C)(C(C)C2CC2C2CC2)[N+]1(C)C. The van der Waals surface area contributed by atoms with Gasteiger partial charge in [0, 0.05) is 5.92 Å². The fraction of sp³-hybridized carbons (Fsp3) is 1.00. The Labute approximate surface area is 162 Å². The predicted molar refractivity (Wildman–Crippen MR) is 109 cm³/mol. The maximum Gasteiger partial charge on any atom is 0.250 e. The minimum atomic E-state index is 0.340. The lowest BCUT2D eigenvalue weighted by Crippen LogP contribution is -2.33. The summed E-state index contributed by atoms with van der Waals surface area (Å²) in [5.41, 5.74) is 0.340. The Hall–Kier alpha value is -0.0800. The van der Waals surface area contributed by atoms with Gasteiger partial charge in [-0.2, -0.15) is 0 Å². The molecule has 2 heteroatoms. The lowest BCUT2D eigenvalue weighted by atomic mass is 9.80. The number of likely N-dealkylation sites (N-methyl/N-ethyl adjacent to an activating group) is 1. The average Bonchev–Trinajstić information content (AvgIpc) is 3.49. The molecule has 4 fully saturated rings. The van der Waals surface area contributed by atoms with Gasteiger partial charge < -0.3 is 4.74 Å². The monoisotopic (exact) mass is 362 g/mol. The van der Waals surface area contributed by atoms with Crippen LogP contribution in [0, 0.1) is 35.5 Å². The molecule has 3 saturated carbocycles. The molecule has 1 heterocycles. The number of ether oxygens (including phenoxy) is 1. The van der Waals surface area contributed by atoms with E-state index in [4.69, 9.17) is 4.74 Å². The zero-order valence-corrected chi connectivity index (χ0v) is 18.3. The zero-order chi connectivity index (χ0) is 18.7. The van der Waals surface area contributed by atoms with Gasteiger partial charge in [-0.15, -0.1) is 0 Å². The molecular formula is C24H44NO+. The van der Waals surface area contributed by atoms with Gasteiger partial charge in [-0.3, -0.25) is 4.48 Å². The van der Waals surface area contributed by atoms with Gasteiger partial charge in [-0.25, -0.2) is 0 Å². The number of quaternary nitrogens is 1. The van der Waals surface area contributed by atoms with Crippen LogP contribution in [0.5, 0.6) is 0 Å². The first-order valence-corrected chi connectivity index (χ1v) is 11.8. The Morgan fingerprint density at radius 1 is 1.08 bits per heavy atom. The lowest BCUT2D eigenvalue weighted by Gasteiger charge is -2.32. The molecular weight excluding hydrogens is 318 g/mol. The van der Waals surface area contributed by atoms with Crippen LogP contribution >= 0.6 is 0 Å². The van der Waals surface area contributed by atoms with E-state index in [1.54, 1.807) is 0 Å². The highest BCUT2D eigenvalue weighted by Gasteiger charge is 2.78. The molecule has 1 saturated heterocycles. The van der Waals surface area contributed by atoms with Crippen molar-refractivity contribution in [3.8, 4) is 0 Å². The largest absolute Gasteiger partial charge is 0.320 e. The molecule has 7 unspecified atom stereocenters. The molecule has 0 spiro atoms. The second-order valence-corrected chi connectivity index (χ2v) is 11.3. The number of hydrogen-bond donors (Lipinski definition) is 0. The molecule has 26 heavy (non-hydrogen) atoms. The molecule has 0 aromatic heterocycles. The minimum absolute atomic E-state index is 0.340.